The molecule has 0 saturated heterocycles. The molecule has 0 amide bonds. The van der Waals surface area contributed by atoms with Gasteiger partial charge in [-0.25, -0.2) is 4.79 Å². The predicted octanol–water partition coefficient (Wildman–Crippen LogP) is 3.65. The molecule has 0 aliphatic heterocycles. The van der Waals surface area contributed by atoms with Crippen molar-refractivity contribution in [3.63, 3.8) is 0 Å². The summed E-state index contributed by atoms with van der Waals surface area (Å²) in [6, 6.07) is 22.0. The van der Waals surface area contributed by atoms with Crippen LogP contribution in [-0.2, 0) is 5.60 Å². The summed E-state index contributed by atoms with van der Waals surface area (Å²) in [5.41, 5.74) is 3.27. The van der Waals surface area contributed by atoms with Crippen molar-refractivity contribution < 1.29 is 15.0 Å². The summed E-state index contributed by atoms with van der Waals surface area (Å²) in [7, 11) is 0. The molecule has 0 radical (unpaired) electrons. The minimum atomic E-state index is -1.26. The average Bonchev–Trinajstić information content (AvgIpc) is 2.86. The number of carboxylic acids is 1. The number of aromatic carboxylic acids is 1. The number of carboxylic acid groups (broad SMARTS) is 1. The van der Waals surface area contributed by atoms with E-state index in [4.69, 9.17) is 5.11 Å². The van der Waals surface area contributed by atoms with Crippen molar-refractivity contribution in [3.8, 4) is 11.1 Å². The van der Waals surface area contributed by atoms with E-state index in [-0.39, 0.29) is 5.56 Å². The Balaban J connectivity index is 1.98. The van der Waals surface area contributed by atoms with Gasteiger partial charge in [-0.15, -0.1) is 0 Å². The van der Waals surface area contributed by atoms with E-state index in [2.05, 4.69) is 0 Å². The van der Waals surface area contributed by atoms with Gasteiger partial charge in [-0.05, 0) is 28.8 Å². The van der Waals surface area contributed by atoms with E-state index in [1.54, 1.807) is 12.1 Å². The minimum absolute atomic E-state index is 0.205. The Morgan fingerprint density at radius 3 is 1.70 bits per heavy atom. The molecule has 0 unspecified atom stereocenters. The fourth-order valence-corrected chi connectivity index (χ4v) is 3.38. The van der Waals surface area contributed by atoms with Crippen molar-refractivity contribution in [2.45, 2.75) is 5.60 Å². The molecule has 0 spiro atoms. The standard InChI is InChI=1S/C20H14O3/c21-19(22)13-9-11-14(12-10-13)20(23)17-7-3-1-5-15(17)16-6-2-4-8-18(16)20/h1-12,23H,(H,21,22). The molecule has 3 aromatic carbocycles. The Labute approximate surface area is 133 Å². The molecule has 0 aromatic heterocycles. The first-order valence-corrected chi connectivity index (χ1v) is 7.38. The molecule has 0 atom stereocenters. The molecule has 4 rings (SSSR count). The minimum Gasteiger partial charge on any atom is -0.478 e. The fourth-order valence-electron chi connectivity index (χ4n) is 3.38. The second-order valence-electron chi connectivity index (χ2n) is 5.68. The quantitative estimate of drug-likeness (QED) is 0.759. The van der Waals surface area contributed by atoms with Crippen molar-refractivity contribution in [2.24, 2.45) is 0 Å². The van der Waals surface area contributed by atoms with Crippen LogP contribution in [0.1, 0.15) is 27.0 Å². The Morgan fingerprint density at radius 1 is 0.739 bits per heavy atom. The van der Waals surface area contributed by atoms with Gasteiger partial charge in [-0.3, -0.25) is 0 Å². The SMILES string of the molecule is O=C(O)c1ccc(C2(O)c3ccccc3-c3ccccc32)cc1. The van der Waals surface area contributed by atoms with Crippen molar-refractivity contribution in [3.05, 3.63) is 95.1 Å². The van der Waals surface area contributed by atoms with Crippen LogP contribution in [0.3, 0.4) is 0 Å². The largest absolute Gasteiger partial charge is 0.478 e. The van der Waals surface area contributed by atoms with Crippen LogP contribution in [0, 0.1) is 0 Å². The zero-order valence-corrected chi connectivity index (χ0v) is 12.2. The lowest BCUT2D eigenvalue weighted by Gasteiger charge is -2.26. The summed E-state index contributed by atoms with van der Waals surface area (Å²) >= 11 is 0. The Morgan fingerprint density at radius 2 is 1.22 bits per heavy atom. The lowest BCUT2D eigenvalue weighted by Crippen LogP contribution is -2.26. The number of hydrogen-bond donors (Lipinski definition) is 2. The van der Waals surface area contributed by atoms with E-state index in [9.17, 15) is 9.90 Å². The topological polar surface area (TPSA) is 57.5 Å². The zero-order valence-electron chi connectivity index (χ0n) is 12.2. The third-order valence-electron chi connectivity index (χ3n) is 4.47. The first kappa shape index (κ1) is 13.7. The van der Waals surface area contributed by atoms with Gasteiger partial charge in [-0.2, -0.15) is 0 Å². The van der Waals surface area contributed by atoms with Crippen molar-refractivity contribution >= 4 is 5.97 Å². The normalized spacial score (nSPS) is 14.1. The smallest absolute Gasteiger partial charge is 0.335 e. The molecule has 3 heteroatoms. The number of hydrogen-bond acceptors (Lipinski definition) is 2. The lowest BCUT2D eigenvalue weighted by atomic mass is 9.84. The van der Waals surface area contributed by atoms with Crippen LogP contribution in [0.5, 0.6) is 0 Å². The van der Waals surface area contributed by atoms with Crippen LogP contribution in [0.2, 0.25) is 0 Å². The molecule has 2 N–H and O–H groups in total. The molecule has 112 valence electrons. The van der Waals surface area contributed by atoms with E-state index in [1.807, 2.05) is 48.5 Å². The van der Waals surface area contributed by atoms with Gasteiger partial charge in [-0.1, -0.05) is 60.7 Å². The zero-order chi connectivity index (χ0) is 16.0. The van der Waals surface area contributed by atoms with E-state index >= 15 is 0 Å². The Kier molecular flexibility index (Phi) is 2.86. The van der Waals surface area contributed by atoms with Crippen molar-refractivity contribution in [1.29, 1.82) is 0 Å². The molecular formula is C20H14O3. The van der Waals surface area contributed by atoms with Crippen LogP contribution in [0.15, 0.2) is 72.8 Å². The third-order valence-corrected chi connectivity index (χ3v) is 4.47. The summed E-state index contributed by atoms with van der Waals surface area (Å²) in [6.45, 7) is 0. The van der Waals surface area contributed by atoms with Gasteiger partial charge in [0.1, 0.15) is 5.60 Å². The van der Waals surface area contributed by atoms with E-state index in [0.29, 0.717) is 5.56 Å². The van der Waals surface area contributed by atoms with Crippen LogP contribution < -0.4 is 0 Å². The van der Waals surface area contributed by atoms with Gasteiger partial charge < -0.3 is 10.2 Å². The maximum absolute atomic E-state index is 11.5. The van der Waals surface area contributed by atoms with Crippen LogP contribution in [-0.4, -0.2) is 16.2 Å². The lowest BCUT2D eigenvalue weighted by molar-refractivity contribution is 0.0696. The molecule has 1 aliphatic rings. The molecule has 23 heavy (non-hydrogen) atoms. The Hall–Kier alpha value is -2.91. The second-order valence-corrected chi connectivity index (χ2v) is 5.68. The van der Waals surface area contributed by atoms with E-state index in [1.165, 1.54) is 12.1 Å². The molecule has 0 heterocycles. The summed E-state index contributed by atoms with van der Waals surface area (Å²) in [4.78, 5) is 11.0. The molecule has 3 nitrogen and oxygen atoms in total. The number of rotatable bonds is 2. The monoisotopic (exact) mass is 302 g/mol. The summed E-state index contributed by atoms with van der Waals surface area (Å²) in [6.07, 6.45) is 0. The molecule has 3 aromatic rings. The highest BCUT2D eigenvalue weighted by atomic mass is 16.4. The molecule has 0 saturated carbocycles. The molecule has 0 fully saturated rings. The maximum Gasteiger partial charge on any atom is 0.335 e. The highest BCUT2D eigenvalue weighted by Gasteiger charge is 2.42. The van der Waals surface area contributed by atoms with Crippen molar-refractivity contribution in [2.75, 3.05) is 0 Å². The number of carbonyl (C=O) groups is 1. The number of fused-ring (bicyclic) bond motifs is 3. The van der Waals surface area contributed by atoms with Gasteiger partial charge in [0.05, 0.1) is 5.56 Å². The fraction of sp³-hybridized carbons (Fsp3) is 0.0500. The Bertz CT molecular complexity index is 865. The van der Waals surface area contributed by atoms with Crippen LogP contribution in [0.4, 0.5) is 0 Å². The highest BCUT2D eigenvalue weighted by molar-refractivity contribution is 5.88. The predicted molar refractivity (Wildman–Crippen MR) is 87.4 cm³/mol. The maximum atomic E-state index is 11.5. The molecule has 0 bridgehead atoms. The van der Waals surface area contributed by atoms with E-state index < -0.39 is 11.6 Å². The summed E-state index contributed by atoms with van der Waals surface area (Å²) in [5.74, 6) is -0.976. The van der Waals surface area contributed by atoms with E-state index in [0.717, 1.165) is 22.3 Å². The van der Waals surface area contributed by atoms with Gasteiger partial charge >= 0.3 is 5.97 Å². The summed E-state index contributed by atoms with van der Waals surface area (Å²) in [5, 5.41) is 20.6. The average molecular weight is 302 g/mol. The number of aliphatic hydroxyl groups is 1. The van der Waals surface area contributed by atoms with Gasteiger partial charge in [0.15, 0.2) is 0 Å². The number of benzene rings is 3. The summed E-state index contributed by atoms with van der Waals surface area (Å²) < 4.78 is 0. The van der Waals surface area contributed by atoms with Gasteiger partial charge in [0.25, 0.3) is 0 Å². The first-order valence-electron chi connectivity index (χ1n) is 7.38. The van der Waals surface area contributed by atoms with Gasteiger partial charge in [0, 0.05) is 11.1 Å². The van der Waals surface area contributed by atoms with Crippen LogP contribution in [0.25, 0.3) is 11.1 Å². The van der Waals surface area contributed by atoms with Gasteiger partial charge in [0.2, 0.25) is 0 Å². The van der Waals surface area contributed by atoms with Crippen LogP contribution >= 0.6 is 0 Å². The highest BCUT2D eigenvalue weighted by Crippen LogP contribution is 2.50. The second kappa shape index (κ2) is 4.80. The van der Waals surface area contributed by atoms with Crippen molar-refractivity contribution in [1.82, 2.24) is 0 Å². The molecule has 1 aliphatic carbocycles. The molecular weight excluding hydrogens is 288 g/mol. The first-order chi connectivity index (χ1) is 11.1. The third kappa shape index (κ3) is 1.84.